The Hall–Kier alpha value is -3.02. The molecule has 0 saturated carbocycles. The van der Waals surface area contributed by atoms with Gasteiger partial charge in [-0.05, 0) is 55.0 Å². The monoisotopic (exact) mass is 438 g/mol. The molecule has 1 heterocycles. The normalized spacial score (nSPS) is 17.1. The molecule has 2 unspecified atom stereocenters. The summed E-state index contributed by atoms with van der Waals surface area (Å²) in [4.78, 5) is 27.8. The molecule has 2 atom stereocenters. The van der Waals surface area contributed by atoms with Crippen LogP contribution < -0.4 is 14.8 Å². The molecule has 2 aromatic carbocycles. The van der Waals surface area contributed by atoms with Gasteiger partial charge in [0.25, 0.3) is 5.91 Å². The number of nitrogens with zero attached hydrogens (tertiary/aromatic N) is 1. The second kappa shape index (κ2) is 9.63. The van der Waals surface area contributed by atoms with E-state index in [0.717, 1.165) is 24.0 Å². The average Bonchev–Trinajstić information content (AvgIpc) is 3.27. The molecule has 3 rings (SSSR count). The van der Waals surface area contributed by atoms with Crippen molar-refractivity contribution >= 4 is 11.8 Å². The molecule has 172 valence electrons. The number of likely N-dealkylation sites (tertiary alicyclic amines) is 1. The molecular formula is C26H34N2O4. The molecule has 0 radical (unpaired) electrons. The van der Waals surface area contributed by atoms with E-state index in [1.807, 2.05) is 47.4 Å². The number of rotatable bonds is 6. The Morgan fingerprint density at radius 2 is 1.75 bits per heavy atom. The second-order valence-corrected chi connectivity index (χ2v) is 9.32. The predicted octanol–water partition coefficient (Wildman–Crippen LogP) is 4.48. The Labute approximate surface area is 190 Å². The summed E-state index contributed by atoms with van der Waals surface area (Å²) in [6, 6.07) is 12.5. The van der Waals surface area contributed by atoms with Gasteiger partial charge >= 0.3 is 0 Å². The Morgan fingerprint density at radius 3 is 2.34 bits per heavy atom. The number of carbonyl (C=O) groups is 2. The van der Waals surface area contributed by atoms with Crippen LogP contribution in [0.5, 0.6) is 11.5 Å². The van der Waals surface area contributed by atoms with Crippen molar-refractivity contribution in [2.75, 3.05) is 20.8 Å². The summed E-state index contributed by atoms with van der Waals surface area (Å²) < 4.78 is 10.8. The van der Waals surface area contributed by atoms with Gasteiger partial charge in [-0.25, -0.2) is 0 Å². The number of carbonyl (C=O) groups excluding carboxylic acids is 2. The lowest BCUT2D eigenvalue weighted by Crippen LogP contribution is -2.46. The summed E-state index contributed by atoms with van der Waals surface area (Å²) in [7, 11) is 3.23. The van der Waals surface area contributed by atoms with Gasteiger partial charge in [0.2, 0.25) is 5.91 Å². The number of hydrogen-bond acceptors (Lipinski definition) is 4. The van der Waals surface area contributed by atoms with E-state index in [2.05, 4.69) is 26.1 Å². The lowest BCUT2D eigenvalue weighted by atomic mass is 9.86. The highest BCUT2D eigenvalue weighted by Crippen LogP contribution is 2.39. The molecule has 2 amide bonds. The van der Waals surface area contributed by atoms with Gasteiger partial charge in [0.15, 0.2) is 0 Å². The highest BCUT2D eigenvalue weighted by Gasteiger charge is 2.34. The van der Waals surface area contributed by atoms with E-state index in [-0.39, 0.29) is 23.3 Å². The first kappa shape index (κ1) is 23.6. The SMILES string of the molecule is COc1ccc(C2CCCN2C(=O)C(C)NC(=O)c2ccc(C(C)(C)C)cc2)c(OC)c1. The molecule has 0 aliphatic carbocycles. The van der Waals surface area contributed by atoms with Crippen LogP contribution in [-0.4, -0.2) is 43.5 Å². The van der Waals surface area contributed by atoms with E-state index in [9.17, 15) is 9.59 Å². The molecule has 0 spiro atoms. The minimum Gasteiger partial charge on any atom is -0.497 e. The Balaban J connectivity index is 1.71. The van der Waals surface area contributed by atoms with Gasteiger partial charge in [-0.2, -0.15) is 0 Å². The van der Waals surface area contributed by atoms with Crippen LogP contribution in [0.2, 0.25) is 0 Å². The van der Waals surface area contributed by atoms with E-state index < -0.39 is 6.04 Å². The molecule has 1 fully saturated rings. The first-order valence-electron chi connectivity index (χ1n) is 11.1. The van der Waals surface area contributed by atoms with E-state index in [4.69, 9.17) is 9.47 Å². The van der Waals surface area contributed by atoms with Gasteiger partial charge in [0.05, 0.1) is 20.3 Å². The van der Waals surface area contributed by atoms with E-state index in [1.54, 1.807) is 21.1 Å². The number of benzene rings is 2. The fraction of sp³-hybridized carbons (Fsp3) is 0.462. The van der Waals surface area contributed by atoms with Crippen LogP contribution in [0.15, 0.2) is 42.5 Å². The molecule has 1 saturated heterocycles. The third-order valence-electron chi connectivity index (χ3n) is 6.07. The number of methoxy groups -OCH3 is 2. The van der Waals surface area contributed by atoms with E-state index >= 15 is 0 Å². The topological polar surface area (TPSA) is 67.9 Å². The van der Waals surface area contributed by atoms with Crippen molar-refractivity contribution in [3.05, 3.63) is 59.2 Å². The third kappa shape index (κ3) is 5.06. The van der Waals surface area contributed by atoms with E-state index in [1.165, 1.54) is 0 Å². The Morgan fingerprint density at radius 1 is 1.06 bits per heavy atom. The fourth-order valence-electron chi connectivity index (χ4n) is 4.16. The van der Waals surface area contributed by atoms with Crippen molar-refractivity contribution in [2.24, 2.45) is 0 Å². The molecule has 0 aromatic heterocycles. The van der Waals surface area contributed by atoms with Gasteiger partial charge in [0, 0.05) is 23.7 Å². The van der Waals surface area contributed by atoms with E-state index in [0.29, 0.717) is 23.6 Å². The van der Waals surface area contributed by atoms with Crippen molar-refractivity contribution in [1.82, 2.24) is 10.2 Å². The molecule has 6 heteroatoms. The van der Waals surface area contributed by atoms with Crippen LogP contribution in [-0.2, 0) is 10.2 Å². The molecule has 1 aliphatic heterocycles. The lowest BCUT2D eigenvalue weighted by molar-refractivity contribution is -0.133. The average molecular weight is 439 g/mol. The highest BCUT2D eigenvalue weighted by molar-refractivity contribution is 5.97. The zero-order chi connectivity index (χ0) is 23.5. The summed E-state index contributed by atoms with van der Waals surface area (Å²) in [5.41, 5.74) is 2.68. The van der Waals surface area contributed by atoms with Gasteiger partial charge in [0.1, 0.15) is 17.5 Å². The molecule has 1 aliphatic rings. The number of nitrogens with one attached hydrogen (secondary N) is 1. The molecule has 0 bridgehead atoms. The predicted molar refractivity (Wildman–Crippen MR) is 125 cm³/mol. The minimum absolute atomic E-state index is 0.0194. The minimum atomic E-state index is -0.630. The number of ether oxygens (including phenoxy) is 2. The third-order valence-corrected chi connectivity index (χ3v) is 6.07. The summed E-state index contributed by atoms with van der Waals surface area (Å²) >= 11 is 0. The first-order valence-corrected chi connectivity index (χ1v) is 11.1. The fourth-order valence-corrected chi connectivity index (χ4v) is 4.16. The zero-order valence-electron chi connectivity index (χ0n) is 19.9. The molecule has 1 N–H and O–H groups in total. The summed E-state index contributed by atoms with van der Waals surface area (Å²) in [5.74, 6) is 1.07. The van der Waals surface area contributed by atoms with Crippen molar-refractivity contribution in [2.45, 2.75) is 58.0 Å². The van der Waals surface area contributed by atoms with Crippen LogP contribution in [0.1, 0.15) is 68.1 Å². The van der Waals surface area contributed by atoms with Gasteiger partial charge in [-0.15, -0.1) is 0 Å². The maximum Gasteiger partial charge on any atom is 0.251 e. The summed E-state index contributed by atoms with van der Waals surface area (Å²) in [6.07, 6.45) is 1.75. The van der Waals surface area contributed by atoms with Gasteiger partial charge in [-0.3, -0.25) is 9.59 Å². The molecule has 6 nitrogen and oxygen atoms in total. The van der Waals surface area contributed by atoms with Crippen molar-refractivity contribution in [1.29, 1.82) is 0 Å². The van der Waals surface area contributed by atoms with Crippen LogP contribution in [0.4, 0.5) is 0 Å². The Bertz CT molecular complexity index is 963. The van der Waals surface area contributed by atoms with Gasteiger partial charge < -0.3 is 19.7 Å². The van der Waals surface area contributed by atoms with Crippen molar-refractivity contribution in [3.8, 4) is 11.5 Å². The van der Waals surface area contributed by atoms with Crippen LogP contribution in [0.3, 0.4) is 0 Å². The van der Waals surface area contributed by atoms with Crippen LogP contribution in [0, 0.1) is 0 Å². The van der Waals surface area contributed by atoms with Crippen LogP contribution >= 0.6 is 0 Å². The maximum atomic E-state index is 13.2. The second-order valence-electron chi connectivity index (χ2n) is 9.32. The first-order chi connectivity index (χ1) is 15.2. The van der Waals surface area contributed by atoms with Crippen molar-refractivity contribution < 1.29 is 19.1 Å². The quantitative estimate of drug-likeness (QED) is 0.722. The number of hydrogen-bond donors (Lipinski definition) is 1. The molecule has 2 aromatic rings. The Kier molecular flexibility index (Phi) is 7.12. The maximum absolute atomic E-state index is 13.2. The number of amides is 2. The molecular weight excluding hydrogens is 404 g/mol. The molecule has 32 heavy (non-hydrogen) atoms. The highest BCUT2D eigenvalue weighted by atomic mass is 16.5. The summed E-state index contributed by atoms with van der Waals surface area (Å²) in [5, 5.41) is 2.87. The summed E-state index contributed by atoms with van der Waals surface area (Å²) in [6.45, 7) is 8.79. The smallest absolute Gasteiger partial charge is 0.251 e. The van der Waals surface area contributed by atoms with Crippen LogP contribution in [0.25, 0.3) is 0 Å². The van der Waals surface area contributed by atoms with Gasteiger partial charge in [-0.1, -0.05) is 32.9 Å². The standard InChI is InChI=1S/C26H34N2O4/c1-17(27-24(29)18-9-11-19(12-10-18)26(2,3)4)25(30)28-15-7-8-22(28)21-14-13-20(31-5)16-23(21)32-6/h9-14,16-17,22H,7-8,15H2,1-6H3,(H,27,29). The zero-order valence-corrected chi connectivity index (χ0v) is 19.9. The van der Waals surface area contributed by atoms with Crippen molar-refractivity contribution in [3.63, 3.8) is 0 Å². The largest absolute Gasteiger partial charge is 0.497 e. The lowest BCUT2D eigenvalue weighted by Gasteiger charge is -2.29.